The van der Waals surface area contributed by atoms with Gasteiger partial charge in [-0.25, -0.2) is 9.97 Å². The molecule has 29 heavy (non-hydrogen) atoms. The van der Waals surface area contributed by atoms with Crippen molar-refractivity contribution < 1.29 is 4.74 Å². The fourth-order valence-corrected chi connectivity index (χ4v) is 5.77. The van der Waals surface area contributed by atoms with E-state index in [2.05, 4.69) is 26.7 Å². The Morgan fingerprint density at radius 3 is 2.72 bits per heavy atom. The van der Waals surface area contributed by atoms with Crippen LogP contribution in [0.2, 0.25) is 0 Å². The zero-order valence-corrected chi connectivity index (χ0v) is 17.3. The van der Waals surface area contributed by atoms with Crippen LogP contribution in [-0.4, -0.2) is 51.8 Å². The molecule has 0 aromatic carbocycles. The van der Waals surface area contributed by atoms with E-state index in [4.69, 9.17) is 15.5 Å². The third-order valence-electron chi connectivity index (χ3n) is 7.59. The minimum Gasteiger partial charge on any atom is -0.383 e. The molecule has 2 aromatic rings. The van der Waals surface area contributed by atoms with Gasteiger partial charge in [-0.2, -0.15) is 0 Å². The van der Waals surface area contributed by atoms with E-state index in [1.54, 1.807) is 0 Å². The molecule has 1 aliphatic heterocycles. The molecule has 2 aromatic heterocycles. The molecule has 2 N–H and O–H groups in total. The number of fused-ring (bicyclic) bond motifs is 1. The summed E-state index contributed by atoms with van der Waals surface area (Å²) in [6.07, 6.45) is 10.6. The lowest BCUT2D eigenvalue weighted by Gasteiger charge is -2.29. The third kappa shape index (κ3) is 3.17. The van der Waals surface area contributed by atoms with Crippen molar-refractivity contribution in [1.29, 1.82) is 0 Å². The molecular formula is C23H31N5O. The summed E-state index contributed by atoms with van der Waals surface area (Å²) in [6, 6.07) is 3.55. The van der Waals surface area contributed by atoms with Crippen molar-refractivity contribution in [3.05, 3.63) is 29.8 Å². The molecule has 0 amide bonds. The average Bonchev–Trinajstić information content (AvgIpc) is 3.62. The first-order valence-electron chi connectivity index (χ1n) is 11.3. The normalized spacial score (nSPS) is 32.2. The van der Waals surface area contributed by atoms with Gasteiger partial charge in [-0.3, -0.25) is 4.90 Å². The Morgan fingerprint density at radius 2 is 1.97 bits per heavy atom. The van der Waals surface area contributed by atoms with Crippen LogP contribution in [-0.2, 0) is 4.74 Å². The fraction of sp³-hybridized carbons (Fsp3) is 0.652. The first kappa shape index (κ1) is 17.9. The van der Waals surface area contributed by atoms with Gasteiger partial charge in [0.05, 0.1) is 12.3 Å². The van der Waals surface area contributed by atoms with Crippen LogP contribution in [0.3, 0.4) is 0 Å². The number of ether oxygens (including phenoxy) is 1. The van der Waals surface area contributed by atoms with E-state index in [-0.39, 0.29) is 0 Å². The standard InChI is InChI=1S/C23H31N5O/c1-14-9-16(12-25-22(14)24)20-13-28(23(26-20)15-3-4-15)21-18-10-17(11-19(18)21)27-5-2-7-29-8-6-27/h9,12-13,15,17-19,21H,2-8,10-11H2,1H3,(H2,24,25)/t17?,18-,19+,21+. The summed E-state index contributed by atoms with van der Waals surface area (Å²) < 4.78 is 8.21. The quantitative estimate of drug-likeness (QED) is 0.862. The molecule has 3 heterocycles. The predicted molar refractivity (Wildman–Crippen MR) is 113 cm³/mol. The number of nitrogens with zero attached hydrogens (tertiary/aromatic N) is 4. The van der Waals surface area contributed by atoms with Crippen LogP contribution in [0.4, 0.5) is 5.82 Å². The van der Waals surface area contributed by atoms with E-state index in [1.807, 2.05) is 13.1 Å². The maximum absolute atomic E-state index is 5.92. The Bertz CT molecular complexity index is 900. The molecule has 0 spiro atoms. The van der Waals surface area contributed by atoms with E-state index in [0.29, 0.717) is 17.8 Å². The van der Waals surface area contributed by atoms with E-state index in [1.165, 1.54) is 44.5 Å². The summed E-state index contributed by atoms with van der Waals surface area (Å²) in [7, 11) is 0. The number of nitrogen functional groups attached to an aromatic ring is 1. The lowest BCUT2D eigenvalue weighted by molar-refractivity contribution is 0.128. The molecule has 154 valence electrons. The summed E-state index contributed by atoms with van der Waals surface area (Å²) in [6.45, 7) is 6.17. The molecule has 3 saturated carbocycles. The van der Waals surface area contributed by atoms with Crippen molar-refractivity contribution >= 4 is 5.82 Å². The molecule has 1 saturated heterocycles. The zero-order valence-electron chi connectivity index (χ0n) is 17.3. The van der Waals surface area contributed by atoms with Crippen molar-refractivity contribution in [2.75, 3.05) is 32.0 Å². The Labute approximate surface area is 172 Å². The molecule has 4 aliphatic rings. The minimum atomic E-state index is 0.609. The van der Waals surface area contributed by atoms with Crippen molar-refractivity contribution in [3.63, 3.8) is 0 Å². The van der Waals surface area contributed by atoms with E-state index < -0.39 is 0 Å². The second kappa shape index (κ2) is 6.81. The van der Waals surface area contributed by atoms with Crippen molar-refractivity contribution in [1.82, 2.24) is 19.4 Å². The van der Waals surface area contributed by atoms with Gasteiger partial charge in [0.1, 0.15) is 11.6 Å². The number of aromatic nitrogens is 3. The number of rotatable bonds is 4. The summed E-state index contributed by atoms with van der Waals surface area (Å²) in [4.78, 5) is 12.1. The van der Waals surface area contributed by atoms with Crippen LogP contribution in [0.25, 0.3) is 11.3 Å². The number of aryl methyl sites for hydroxylation is 1. The smallest absolute Gasteiger partial charge is 0.126 e. The first-order chi connectivity index (χ1) is 14.2. The summed E-state index contributed by atoms with van der Waals surface area (Å²) in [5.41, 5.74) is 9.09. The Balaban J connectivity index is 1.22. The molecule has 6 nitrogen and oxygen atoms in total. The second-order valence-corrected chi connectivity index (χ2v) is 9.54. The average molecular weight is 394 g/mol. The number of imidazole rings is 1. The van der Waals surface area contributed by atoms with Crippen LogP contribution >= 0.6 is 0 Å². The molecule has 4 atom stereocenters. The topological polar surface area (TPSA) is 69.2 Å². The Kier molecular flexibility index (Phi) is 4.20. The van der Waals surface area contributed by atoms with Crippen LogP contribution in [0.5, 0.6) is 0 Å². The van der Waals surface area contributed by atoms with Gasteiger partial charge < -0.3 is 15.0 Å². The maximum Gasteiger partial charge on any atom is 0.126 e. The molecule has 1 unspecified atom stereocenters. The highest BCUT2D eigenvalue weighted by Gasteiger charge is 2.58. The zero-order chi connectivity index (χ0) is 19.5. The van der Waals surface area contributed by atoms with E-state index in [9.17, 15) is 0 Å². The third-order valence-corrected chi connectivity index (χ3v) is 7.59. The highest BCUT2D eigenvalue weighted by atomic mass is 16.5. The van der Waals surface area contributed by atoms with Gasteiger partial charge in [-0.05, 0) is 62.5 Å². The van der Waals surface area contributed by atoms with Crippen LogP contribution in [0, 0.1) is 18.8 Å². The molecule has 6 heteroatoms. The van der Waals surface area contributed by atoms with Crippen LogP contribution in [0.1, 0.15) is 55.5 Å². The molecule has 4 fully saturated rings. The largest absolute Gasteiger partial charge is 0.383 e. The predicted octanol–water partition coefficient (Wildman–Crippen LogP) is 3.38. The highest BCUT2D eigenvalue weighted by molar-refractivity contribution is 5.61. The van der Waals surface area contributed by atoms with Gasteiger partial charge >= 0.3 is 0 Å². The summed E-state index contributed by atoms with van der Waals surface area (Å²) in [5, 5.41) is 0. The number of pyridine rings is 1. The minimum absolute atomic E-state index is 0.609. The number of hydrogen-bond acceptors (Lipinski definition) is 5. The van der Waals surface area contributed by atoms with Gasteiger partial charge in [-0.15, -0.1) is 0 Å². The molecule has 6 rings (SSSR count). The van der Waals surface area contributed by atoms with Gasteiger partial charge in [0.25, 0.3) is 0 Å². The van der Waals surface area contributed by atoms with Crippen molar-refractivity contribution in [2.45, 2.75) is 57.0 Å². The molecule has 3 aliphatic carbocycles. The summed E-state index contributed by atoms with van der Waals surface area (Å²) in [5.74, 6) is 4.24. The van der Waals surface area contributed by atoms with Gasteiger partial charge in [0, 0.05) is 55.7 Å². The maximum atomic E-state index is 5.92. The van der Waals surface area contributed by atoms with Crippen molar-refractivity contribution in [2.24, 2.45) is 11.8 Å². The Hall–Kier alpha value is -1.92. The SMILES string of the molecule is Cc1cc(-c2cn([C@H]3[C@@H]4CC(N5CCCOCC5)C[C@@H]43)c(C3CC3)n2)cnc1N. The van der Waals surface area contributed by atoms with Crippen molar-refractivity contribution in [3.8, 4) is 11.3 Å². The van der Waals surface area contributed by atoms with E-state index in [0.717, 1.165) is 54.5 Å². The Morgan fingerprint density at radius 1 is 1.14 bits per heavy atom. The van der Waals surface area contributed by atoms with Crippen LogP contribution in [0.15, 0.2) is 18.5 Å². The lowest BCUT2D eigenvalue weighted by atomic mass is 10.1. The lowest BCUT2D eigenvalue weighted by Crippen LogP contribution is -2.36. The number of anilines is 1. The fourth-order valence-electron chi connectivity index (χ4n) is 5.77. The molecule has 0 bridgehead atoms. The second-order valence-electron chi connectivity index (χ2n) is 9.54. The number of hydrogen-bond donors (Lipinski definition) is 1. The van der Waals surface area contributed by atoms with Gasteiger partial charge in [-0.1, -0.05) is 0 Å². The monoisotopic (exact) mass is 393 g/mol. The van der Waals surface area contributed by atoms with E-state index >= 15 is 0 Å². The van der Waals surface area contributed by atoms with Crippen LogP contribution < -0.4 is 5.73 Å². The molecular weight excluding hydrogens is 362 g/mol. The molecule has 0 radical (unpaired) electrons. The van der Waals surface area contributed by atoms with Gasteiger partial charge in [0.15, 0.2) is 0 Å². The summed E-state index contributed by atoms with van der Waals surface area (Å²) >= 11 is 0. The first-order valence-corrected chi connectivity index (χ1v) is 11.3. The number of nitrogens with two attached hydrogens (primary N) is 1. The highest BCUT2D eigenvalue weighted by Crippen LogP contribution is 2.62. The van der Waals surface area contributed by atoms with Gasteiger partial charge in [0.2, 0.25) is 0 Å².